The van der Waals surface area contributed by atoms with Gasteiger partial charge >= 0.3 is 0 Å². The van der Waals surface area contributed by atoms with Crippen LogP contribution in [0.25, 0.3) is 0 Å². The fourth-order valence-electron chi connectivity index (χ4n) is 1.79. The van der Waals surface area contributed by atoms with Gasteiger partial charge in [0.25, 0.3) is 0 Å². The Hall–Kier alpha value is -2.75. The molecular formula is C19H22CoF2N2O4. The number of carbonyl (C=O) groups excluding carboxylic acids is 3. The van der Waals surface area contributed by atoms with E-state index in [1.165, 1.54) is 43.6 Å². The molecule has 0 heterocycles. The molecule has 0 saturated carbocycles. The average Bonchev–Trinajstić information content (AvgIpc) is 2.57. The second-order valence-corrected chi connectivity index (χ2v) is 5.22. The molecule has 0 unspecified atom stereocenters. The standard InChI is InChI=1S/C16H14F2N2O2.C3H5O.Co.H2O/c17-13-5-1-3-11(15(13)21)9-19-7-8-20-10-12-4-2-6-14(18)16(12)22;1-3(2)4;;/h1-6,9-10,19-20H,7-8H2;1H2,2H3;;1H2/q;-1;;/p+1. The summed E-state index contributed by atoms with van der Waals surface area (Å²) in [6.07, 6.45) is 11.0. The Labute approximate surface area is 172 Å². The van der Waals surface area contributed by atoms with Gasteiger partial charge in [-0.3, -0.25) is 9.59 Å². The minimum Gasteiger partial charge on any atom is -0.457 e. The van der Waals surface area contributed by atoms with E-state index in [4.69, 9.17) is 0 Å². The fraction of sp³-hybridized carbons (Fsp3) is 0.158. The van der Waals surface area contributed by atoms with Crippen molar-refractivity contribution >= 4 is 17.3 Å². The molecule has 2 aliphatic rings. The van der Waals surface area contributed by atoms with Crippen LogP contribution in [-0.2, 0) is 36.6 Å². The van der Waals surface area contributed by atoms with Crippen LogP contribution in [0.15, 0.2) is 71.7 Å². The Kier molecular flexibility index (Phi) is 14.0. The zero-order valence-electron chi connectivity index (χ0n) is 15.1. The normalized spacial score (nSPS) is 17.5. The van der Waals surface area contributed by atoms with E-state index in [9.17, 15) is 23.2 Å². The zero-order chi connectivity index (χ0) is 19.5. The molecule has 0 atom stereocenters. The third-order valence-electron chi connectivity index (χ3n) is 2.92. The van der Waals surface area contributed by atoms with Gasteiger partial charge in [-0.05, 0) is 37.0 Å². The summed E-state index contributed by atoms with van der Waals surface area (Å²) in [6, 6.07) is 0. The molecule has 0 aliphatic heterocycles. The first-order chi connectivity index (χ1) is 12.3. The molecule has 0 fully saturated rings. The van der Waals surface area contributed by atoms with E-state index in [-0.39, 0.29) is 39.2 Å². The summed E-state index contributed by atoms with van der Waals surface area (Å²) in [7, 11) is 0. The number of carbonyl (C=O) groups is 3. The van der Waals surface area contributed by atoms with Crippen molar-refractivity contribution in [2.75, 3.05) is 13.1 Å². The van der Waals surface area contributed by atoms with Crippen LogP contribution in [0.4, 0.5) is 8.78 Å². The summed E-state index contributed by atoms with van der Waals surface area (Å²) < 4.78 is 26.1. The van der Waals surface area contributed by atoms with Crippen molar-refractivity contribution in [3.05, 3.63) is 78.6 Å². The number of ketones is 3. The molecule has 2 aliphatic carbocycles. The second-order valence-electron chi connectivity index (χ2n) is 5.22. The summed E-state index contributed by atoms with van der Waals surface area (Å²) >= 11 is 0. The average molecular weight is 439 g/mol. The number of nitrogens with one attached hydrogen (secondary N) is 2. The maximum Gasteiger partial charge on any atom is 0.222 e. The molecule has 0 aromatic heterocycles. The van der Waals surface area contributed by atoms with Gasteiger partial charge in [0, 0.05) is 53.4 Å². The predicted molar refractivity (Wildman–Crippen MR) is 99.8 cm³/mol. The molecule has 6 nitrogen and oxygen atoms in total. The number of hydrogen-bond acceptors (Lipinski definition) is 5. The summed E-state index contributed by atoms with van der Waals surface area (Å²) in [4.78, 5) is 32.1. The molecule has 1 radical (unpaired) electrons. The Morgan fingerprint density at radius 1 is 0.964 bits per heavy atom. The van der Waals surface area contributed by atoms with E-state index in [1.54, 1.807) is 0 Å². The van der Waals surface area contributed by atoms with E-state index in [0.29, 0.717) is 13.1 Å². The predicted octanol–water partition coefficient (Wildman–Crippen LogP) is 1.40. The van der Waals surface area contributed by atoms with Gasteiger partial charge in [-0.2, -0.15) is 0 Å². The van der Waals surface area contributed by atoms with Gasteiger partial charge in [0.05, 0.1) is 0 Å². The molecule has 0 bridgehead atoms. The Bertz CT molecular complexity index is 704. The monoisotopic (exact) mass is 439 g/mol. The minimum atomic E-state index is -0.795. The molecule has 0 spiro atoms. The first kappa shape index (κ1) is 27.5. The SMILES string of the molecule is O=C1C(F)=CC=CC1=CNCCNC=C1C=CC=C(F)C1=O.[CH2-]C(C)=O.[Co].[OH3+]. The van der Waals surface area contributed by atoms with E-state index in [0.717, 1.165) is 12.2 Å². The molecule has 0 aromatic rings. The van der Waals surface area contributed by atoms with Crippen molar-refractivity contribution in [1.29, 1.82) is 0 Å². The maximum atomic E-state index is 13.0. The van der Waals surface area contributed by atoms with E-state index in [1.807, 2.05) is 0 Å². The molecule has 0 aromatic carbocycles. The summed E-state index contributed by atoms with van der Waals surface area (Å²) in [5.41, 5.74) is 0.465. The van der Waals surface area contributed by atoms with Gasteiger partial charge in [-0.25, -0.2) is 8.78 Å². The van der Waals surface area contributed by atoms with Crippen LogP contribution < -0.4 is 10.6 Å². The maximum absolute atomic E-state index is 13.0. The van der Waals surface area contributed by atoms with Crippen LogP contribution in [0.5, 0.6) is 0 Å². The molecule has 28 heavy (non-hydrogen) atoms. The van der Waals surface area contributed by atoms with Gasteiger partial charge in [0.15, 0.2) is 11.7 Å². The van der Waals surface area contributed by atoms with Crippen molar-refractivity contribution < 1.29 is 45.4 Å². The topological polar surface area (TPSA) is 108 Å². The number of hydrogen-bond donors (Lipinski definition) is 2. The number of Topliss-reactive ketones (excluding diaryl/α,β-unsaturated/α-hetero) is 3. The van der Waals surface area contributed by atoms with Crippen molar-refractivity contribution in [2.45, 2.75) is 6.92 Å². The van der Waals surface area contributed by atoms with Crippen LogP contribution in [0.1, 0.15) is 6.92 Å². The Morgan fingerprint density at radius 2 is 1.29 bits per heavy atom. The summed E-state index contributed by atoms with van der Waals surface area (Å²) in [6.45, 7) is 5.30. The molecule has 5 N–H and O–H groups in total. The molecule has 155 valence electrons. The van der Waals surface area contributed by atoms with Gasteiger partial charge in [0.2, 0.25) is 11.6 Å². The van der Waals surface area contributed by atoms with Crippen LogP contribution in [0.2, 0.25) is 0 Å². The molecule has 9 heteroatoms. The zero-order valence-corrected chi connectivity index (χ0v) is 16.2. The smallest absolute Gasteiger partial charge is 0.222 e. The van der Waals surface area contributed by atoms with Crippen LogP contribution in [0, 0.1) is 6.92 Å². The Balaban J connectivity index is 0. The van der Waals surface area contributed by atoms with Crippen LogP contribution >= 0.6 is 0 Å². The summed E-state index contributed by atoms with van der Waals surface area (Å²) in [5, 5.41) is 5.71. The number of halogens is 2. The minimum absolute atomic E-state index is 0. The van der Waals surface area contributed by atoms with E-state index >= 15 is 0 Å². The largest absolute Gasteiger partial charge is 0.457 e. The number of rotatable bonds is 5. The molecule has 0 amide bonds. The molecular weight excluding hydrogens is 417 g/mol. The fourth-order valence-corrected chi connectivity index (χ4v) is 1.79. The molecule has 2 rings (SSSR count). The third kappa shape index (κ3) is 9.81. The van der Waals surface area contributed by atoms with Gasteiger partial charge in [-0.15, -0.1) is 0 Å². The van der Waals surface area contributed by atoms with Crippen molar-refractivity contribution in [1.82, 2.24) is 10.6 Å². The second kappa shape index (κ2) is 14.3. The molecule has 0 saturated heterocycles. The van der Waals surface area contributed by atoms with E-state index in [2.05, 4.69) is 17.6 Å². The summed E-state index contributed by atoms with van der Waals surface area (Å²) in [5.74, 6) is -3.00. The third-order valence-corrected chi connectivity index (χ3v) is 2.92. The number of allylic oxidation sites excluding steroid dienone is 10. The first-order valence-electron chi connectivity index (χ1n) is 7.69. The van der Waals surface area contributed by atoms with Crippen molar-refractivity contribution in [3.63, 3.8) is 0 Å². The Morgan fingerprint density at radius 3 is 1.61 bits per heavy atom. The van der Waals surface area contributed by atoms with Crippen LogP contribution in [0.3, 0.4) is 0 Å². The van der Waals surface area contributed by atoms with Crippen LogP contribution in [-0.4, -0.2) is 30.4 Å². The van der Waals surface area contributed by atoms with Crippen molar-refractivity contribution in [2.24, 2.45) is 0 Å². The van der Waals surface area contributed by atoms with Gasteiger partial charge in [-0.1, -0.05) is 12.2 Å². The van der Waals surface area contributed by atoms with Gasteiger partial charge in [0.1, 0.15) is 0 Å². The van der Waals surface area contributed by atoms with E-state index < -0.39 is 23.2 Å². The first-order valence-corrected chi connectivity index (χ1v) is 7.69. The quantitative estimate of drug-likeness (QED) is 0.292. The van der Waals surface area contributed by atoms with Gasteiger partial charge < -0.3 is 27.8 Å². The van der Waals surface area contributed by atoms with Crippen molar-refractivity contribution in [3.8, 4) is 0 Å².